The average Bonchev–Trinajstić information content (AvgIpc) is 2.98. The van der Waals surface area contributed by atoms with Crippen molar-refractivity contribution in [2.45, 2.75) is 57.5 Å². The highest BCUT2D eigenvalue weighted by Crippen LogP contribution is 2.20. The molecule has 3 N–H and O–H groups in total. The van der Waals surface area contributed by atoms with Gasteiger partial charge in [-0.15, -0.1) is 5.17 Å². The van der Waals surface area contributed by atoms with Crippen LogP contribution in [0.15, 0.2) is 54.6 Å². The number of aryl methyl sites for hydroxylation is 1. The maximum atomic E-state index is 13.0. The van der Waals surface area contributed by atoms with E-state index in [0.717, 1.165) is 37.7 Å². The largest absolute Gasteiger partial charge is 0.465 e. The lowest BCUT2D eigenvalue weighted by molar-refractivity contribution is -0.177. The first-order valence-electron chi connectivity index (χ1n) is 13.3. The van der Waals surface area contributed by atoms with Gasteiger partial charge in [0.25, 0.3) is 11.8 Å². The Morgan fingerprint density at radius 1 is 0.950 bits per heavy atom. The fourth-order valence-electron chi connectivity index (χ4n) is 4.42. The Bertz CT molecular complexity index is 1160. The minimum Gasteiger partial charge on any atom is -0.465 e. The van der Waals surface area contributed by atoms with E-state index in [1.807, 2.05) is 30.3 Å². The molecule has 0 spiro atoms. The number of hydrogen-bond acceptors (Lipinski definition) is 8. The number of methoxy groups -OCH3 is 1. The van der Waals surface area contributed by atoms with Gasteiger partial charge in [-0.3, -0.25) is 24.4 Å². The highest BCUT2D eigenvalue weighted by atomic mass is 16.6. The minimum absolute atomic E-state index is 0.0384. The molecule has 1 aliphatic rings. The molecular formula is C29H35N3O8. The number of benzene rings is 2. The number of nitrogens with one attached hydrogen (secondary N) is 2. The van der Waals surface area contributed by atoms with Gasteiger partial charge in [0.1, 0.15) is 12.6 Å². The number of carbonyl (C=O) groups is 5. The zero-order valence-corrected chi connectivity index (χ0v) is 22.5. The highest BCUT2D eigenvalue weighted by Gasteiger charge is 2.27. The standard InChI is InChI=1S/C29H35N3O8/c1-39-29(37)22-16-14-21(15-17-22)28(36)31-32(38)25(33)18-23(13-12-20-8-4-2-5-9-20)27(35)30-19-26(34)40-24-10-6-3-7-11-24/h2,4-5,8-9,14-17,23-24,38H,3,6-7,10-13,18-19H2,1H3,(H,30,35)(H,31,36). The van der Waals surface area contributed by atoms with Crippen molar-refractivity contribution in [3.63, 3.8) is 0 Å². The summed E-state index contributed by atoms with van der Waals surface area (Å²) < 4.78 is 10.1. The molecule has 0 saturated heterocycles. The molecular weight excluding hydrogens is 518 g/mol. The molecule has 1 saturated carbocycles. The van der Waals surface area contributed by atoms with E-state index in [9.17, 15) is 29.2 Å². The van der Waals surface area contributed by atoms with Crippen molar-refractivity contribution in [1.82, 2.24) is 15.9 Å². The van der Waals surface area contributed by atoms with E-state index in [-0.39, 0.29) is 35.4 Å². The van der Waals surface area contributed by atoms with Crippen molar-refractivity contribution in [3.05, 3.63) is 71.3 Å². The van der Waals surface area contributed by atoms with Gasteiger partial charge in [0.2, 0.25) is 5.91 Å². The summed E-state index contributed by atoms with van der Waals surface area (Å²) in [5, 5.41) is 12.8. The molecule has 0 aromatic heterocycles. The maximum absolute atomic E-state index is 13.0. The molecule has 2 aromatic carbocycles. The number of hydrazine groups is 1. The fourth-order valence-corrected chi connectivity index (χ4v) is 4.42. The maximum Gasteiger partial charge on any atom is 0.337 e. The number of carbonyl (C=O) groups excluding carboxylic acids is 5. The molecule has 0 bridgehead atoms. The van der Waals surface area contributed by atoms with Crippen LogP contribution in [0.3, 0.4) is 0 Å². The molecule has 1 atom stereocenters. The van der Waals surface area contributed by atoms with Gasteiger partial charge in [-0.2, -0.15) is 0 Å². The number of hydrogen-bond donors (Lipinski definition) is 3. The molecule has 0 aliphatic heterocycles. The molecule has 3 rings (SSSR count). The van der Waals surface area contributed by atoms with E-state index < -0.39 is 42.0 Å². The van der Waals surface area contributed by atoms with Gasteiger partial charge in [0.05, 0.1) is 12.7 Å². The number of esters is 2. The Labute approximate surface area is 232 Å². The first kappa shape index (κ1) is 30.3. The molecule has 1 unspecified atom stereocenters. The SMILES string of the molecule is COC(=O)c1ccc(C(=O)NN(O)C(=O)CC(CCc2ccccc2)C(=O)NCC(=O)OC2CCCCC2)cc1. The topological polar surface area (TPSA) is 151 Å². The van der Waals surface area contributed by atoms with Gasteiger partial charge >= 0.3 is 11.9 Å². The van der Waals surface area contributed by atoms with Gasteiger partial charge in [0, 0.05) is 17.9 Å². The minimum atomic E-state index is -0.919. The quantitative estimate of drug-likeness (QED) is 0.218. The number of rotatable bonds is 11. The average molecular weight is 554 g/mol. The third kappa shape index (κ3) is 9.49. The first-order valence-corrected chi connectivity index (χ1v) is 13.3. The van der Waals surface area contributed by atoms with Crippen LogP contribution in [0.4, 0.5) is 0 Å². The van der Waals surface area contributed by atoms with E-state index in [0.29, 0.717) is 6.42 Å². The number of ether oxygens (including phenoxy) is 2. The predicted molar refractivity (Wildman–Crippen MR) is 143 cm³/mol. The monoisotopic (exact) mass is 553 g/mol. The number of amides is 3. The lowest BCUT2D eigenvalue weighted by atomic mass is 9.95. The summed E-state index contributed by atoms with van der Waals surface area (Å²) in [6.07, 6.45) is 4.90. The summed E-state index contributed by atoms with van der Waals surface area (Å²) in [4.78, 5) is 62.0. The van der Waals surface area contributed by atoms with Crippen molar-refractivity contribution in [1.29, 1.82) is 0 Å². The second-order valence-electron chi connectivity index (χ2n) is 9.61. The predicted octanol–water partition coefficient (Wildman–Crippen LogP) is 2.97. The molecule has 2 aromatic rings. The van der Waals surface area contributed by atoms with Crippen LogP contribution in [0.1, 0.15) is 71.2 Å². The van der Waals surface area contributed by atoms with Crippen molar-refractivity contribution in [2.75, 3.05) is 13.7 Å². The van der Waals surface area contributed by atoms with Gasteiger partial charge < -0.3 is 14.8 Å². The Balaban J connectivity index is 1.57. The Morgan fingerprint density at radius 2 is 1.60 bits per heavy atom. The van der Waals surface area contributed by atoms with Gasteiger partial charge in [0.15, 0.2) is 0 Å². The third-order valence-corrected chi connectivity index (χ3v) is 6.69. The summed E-state index contributed by atoms with van der Waals surface area (Å²) in [6, 6.07) is 14.8. The Kier molecular flexibility index (Phi) is 11.6. The molecule has 40 heavy (non-hydrogen) atoms. The van der Waals surface area contributed by atoms with Crippen LogP contribution in [-0.2, 0) is 30.3 Å². The summed E-state index contributed by atoms with van der Waals surface area (Å²) in [6.45, 7) is -0.327. The van der Waals surface area contributed by atoms with Crippen molar-refractivity contribution in [2.24, 2.45) is 5.92 Å². The van der Waals surface area contributed by atoms with E-state index in [1.54, 1.807) is 0 Å². The highest BCUT2D eigenvalue weighted by molar-refractivity contribution is 5.97. The van der Waals surface area contributed by atoms with Crippen molar-refractivity contribution >= 4 is 29.7 Å². The molecule has 3 amide bonds. The zero-order chi connectivity index (χ0) is 28.9. The molecule has 1 aliphatic carbocycles. The lowest BCUT2D eigenvalue weighted by Gasteiger charge is -2.22. The fraction of sp³-hybridized carbons (Fsp3) is 0.414. The summed E-state index contributed by atoms with van der Waals surface area (Å²) in [7, 11) is 1.23. The lowest BCUT2D eigenvalue weighted by Crippen LogP contribution is -2.46. The van der Waals surface area contributed by atoms with Gasteiger partial charge in [-0.1, -0.05) is 36.8 Å². The van der Waals surface area contributed by atoms with Crippen LogP contribution >= 0.6 is 0 Å². The van der Waals surface area contributed by atoms with Crippen LogP contribution in [0.5, 0.6) is 0 Å². The Morgan fingerprint density at radius 3 is 2.25 bits per heavy atom. The Hall–Kier alpha value is -4.25. The second-order valence-corrected chi connectivity index (χ2v) is 9.61. The number of hydroxylamine groups is 1. The summed E-state index contributed by atoms with van der Waals surface area (Å²) in [5.74, 6) is -4.26. The van der Waals surface area contributed by atoms with E-state index in [1.165, 1.54) is 31.4 Å². The van der Waals surface area contributed by atoms with E-state index in [4.69, 9.17) is 4.74 Å². The van der Waals surface area contributed by atoms with Crippen LogP contribution in [0, 0.1) is 5.92 Å². The summed E-state index contributed by atoms with van der Waals surface area (Å²) in [5.41, 5.74) is 3.31. The van der Waals surface area contributed by atoms with Crippen LogP contribution in [0.25, 0.3) is 0 Å². The van der Waals surface area contributed by atoms with Crippen LogP contribution in [0.2, 0.25) is 0 Å². The van der Waals surface area contributed by atoms with Crippen molar-refractivity contribution < 1.29 is 38.7 Å². The van der Waals surface area contributed by atoms with Crippen LogP contribution < -0.4 is 10.7 Å². The molecule has 1 fully saturated rings. The number of nitrogens with zero attached hydrogens (tertiary/aromatic N) is 1. The third-order valence-electron chi connectivity index (χ3n) is 6.69. The van der Waals surface area contributed by atoms with E-state index >= 15 is 0 Å². The summed E-state index contributed by atoms with van der Waals surface area (Å²) >= 11 is 0. The smallest absolute Gasteiger partial charge is 0.337 e. The molecule has 214 valence electrons. The molecule has 0 heterocycles. The van der Waals surface area contributed by atoms with Gasteiger partial charge in [-0.05, 0) is 68.4 Å². The first-order chi connectivity index (χ1) is 19.3. The molecule has 0 radical (unpaired) electrons. The van der Waals surface area contributed by atoms with Gasteiger partial charge in [-0.25, -0.2) is 10.2 Å². The van der Waals surface area contributed by atoms with E-state index in [2.05, 4.69) is 15.5 Å². The molecule has 11 nitrogen and oxygen atoms in total. The normalized spacial score (nSPS) is 13.9. The second kappa shape index (κ2) is 15.4. The zero-order valence-electron chi connectivity index (χ0n) is 22.5. The van der Waals surface area contributed by atoms with Crippen LogP contribution in [-0.4, -0.2) is 59.8 Å². The molecule has 11 heteroatoms. The van der Waals surface area contributed by atoms with Crippen molar-refractivity contribution in [3.8, 4) is 0 Å².